The molecule has 4 aromatic rings. The third-order valence-corrected chi connectivity index (χ3v) is 7.04. The maximum absolute atomic E-state index is 13.5. The minimum absolute atomic E-state index is 0.0297. The maximum Gasteiger partial charge on any atom is 0.252 e. The molecule has 0 aliphatic heterocycles. The molecule has 0 spiro atoms. The van der Waals surface area contributed by atoms with Gasteiger partial charge in [0, 0.05) is 23.2 Å². The van der Waals surface area contributed by atoms with E-state index in [2.05, 4.69) is 4.98 Å². The van der Waals surface area contributed by atoms with Crippen molar-refractivity contribution in [3.05, 3.63) is 99.7 Å². The minimum atomic E-state index is -3.99. The monoisotopic (exact) mass is 450 g/mol. The summed E-state index contributed by atoms with van der Waals surface area (Å²) in [5.41, 5.74) is 2.10. The van der Waals surface area contributed by atoms with Crippen LogP contribution in [0.15, 0.2) is 81.0 Å². The predicted molar refractivity (Wildman–Crippen MR) is 121 cm³/mol. The molecule has 1 N–H and O–H groups in total. The lowest BCUT2D eigenvalue weighted by molar-refractivity contribution is 0.101. The number of benzene rings is 2. The van der Waals surface area contributed by atoms with E-state index in [4.69, 9.17) is 4.42 Å². The number of carbonyl (C=O) groups excluding carboxylic acids is 1. The lowest BCUT2D eigenvalue weighted by atomic mass is 10.1. The van der Waals surface area contributed by atoms with Gasteiger partial charge in [-0.25, -0.2) is 8.42 Å². The average molecular weight is 451 g/mol. The van der Waals surface area contributed by atoms with E-state index in [1.807, 2.05) is 25.1 Å². The van der Waals surface area contributed by atoms with Crippen LogP contribution in [0.25, 0.3) is 10.9 Å². The summed E-state index contributed by atoms with van der Waals surface area (Å²) in [5, 5.41) is 0.820. The van der Waals surface area contributed by atoms with Crippen LogP contribution in [0.1, 0.15) is 34.2 Å². The van der Waals surface area contributed by atoms with Crippen molar-refractivity contribution in [1.82, 2.24) is 9.29 Å². The second-order valence-corrected chi connectivity index (χ2v) is 9.59. The van der Waals surface area contributed by atoms with Crippen molar-refractivity contribution in [3.8, 4) is 0 Å². The van der Waals surface area contributed by atoms with Crippen molar-refractivity contribution in [3.63, 3.8) is 0 Å². The smallest absolute Gasteiger partial charge is 0.252 e. The molecular weight excluding hydrogens is 428 g/mol. The van der Waals surface area contributed by atoms with Crippen molar-refractivity contribution in [2.45, 2.75) is 31.8 Å². The Bertz CT molecular complexity index is 1440. The van der Waals surface area contributed by atoms with Gasteiger partial charge in [-0.1, -0.05) is 23.8 Å². The molecular formula is C24H22N2O5S. The highest BCUT2D eigenvalue weighted by Crippen LogP contribution is 2.22. The van der Waals surface area contributed by atoms with E-state index in [0.717, 1.165) is 10.9 Å². The summed E-state index contributed by atoms with van der Waals surface area (Å²) < 4.78 is 33.5. The molecule has 0 aliphatic carbocycles. The van der Waals surface area contributed by atoms with Crippen molar-refractivity contribution < 1.29 is 17.6 Å². The second-order valence-electron chi connectivity index (χ2n) is 7.65. The number of Topliss-reactive ketones (excluding diaryl/α,β-unsaturated/α-hetero) is 1. The lowest BCUT2D eigenvalue weighted by Crippen LogP contribution is -2.32. The summed E-state index contributed by atoms with van der Waals surface area (Å²) in [5.74, 6) is 0.293. The molecule has 32 heavy (non-hydrogen) atoms. The summed E-state index contributed by atoms with van der Waals surface area (Å²) in [6.45, 7) is 3.18. The molecule has 8 heteroatoms. The van der Waals surface area contributed by atoms with Crippen LogP contribution in [0.4, 0.5) is 0 Å². The van der Waals surface area contributed by atoms with Gasteiger partial charge in [-0.3, -0.25) is 9.59 Å². The molecule has 2 aromatic heterocycles. The number of fused-ring (bicyclic) bond motifs is 1. The molecule has 2 aromatic carbocycles. The van der Waals surface area contributed by atoms with E-state index in [1.165, 1.54) is 41.8 Å². The normalized spacial score (nSPS) is 11.8. The number of pyridine rings is 1. The molecule has 2 heterocycles. The fraction of sp³-hybridized carbons (Fsp3) is 0.167. The Kier molecular flexibility index (Phi) is 5.82. The summed E-state index contributed by atoms with van der Waals surface area (Å²) in [6, 6.07) is 16.5. The molecule has 0 atom stereocenters. The molecule has 0 saturated heterocycles. The average Bonchev–Trinajstić information content (AvgIpc) is 3.27. The summed E-state index contributed by atoms with van der Waals surface area (Å²) in [4.78, 5) is 27.1. The molecule has 0 saturated carbocycles. The molecule has 7 nitrogen and oxygen atoms in total. The van der Waals surface area contributed by atoms with Crippen LogP contribution in [0.3, 0.4) is 0 Å². The van der Waals surface area contributed by atoms with Crippen LogP contribution in [0.5, 0.6) is 0 Å². The van der Waals surface area contributed by atoms with E-state index in [0.29, 0.717) is 22.4 Å². The van der Waals surface area contributed by atoms with Crippen molar-refractivity contribution in [2.75, 3.05) is 0 Å². The van der Waals surface area contributed by atoms with E-state index < -0.39 is 10.0 Å². The van der Waals surface area contributed by atoms with E-state index in [-0.39, 0.29) is 29.3 Å². The third-order valence-electron chi connectivity index (χ3n) is 5.23. The van der Waals surface area contributed by atoms with E-state index in [9.17, 15) is 18.0 Å². The first kappa shape index (κ1) is 21.7. The van der Waals surface area contributed by atoms with Gasteiger partial charge < -0.3 is 9.40 Å². The first-order chi connectivity index (χ1) is 15.2. The van der Waals surface area contributed by atoms with Gasteiger partial charge in [-0.15, -0.1) is 0 Å². The van der Waals surface area contributed by atoms with Gasteiger partial charge in [0.1, 0.15) is 5.76 Å². The molecule has 0 fully saturated rings. The number of rotatable bonds is 7. The summed E-state index contributed by atoms with van der Waals surface area (Å²) >= 11 is 0. The first-order valence-corrected chi connectivity index (χ1v) is 11.4. The summed E-state index contributed by atoms with van der Waals surface area (Å²) in [6.07, 6.45) is 1.47. The SMILES string of the molecule is CC(=O)c1ccc(S(=O)(=O)N(Cc2ccco2)Cc2cc3cc(C)ccc3[nH]c2=O)cc1. The fourth-order valence-corrected chi connectivity index (χ4v) is 4.88. The Morgan fingerprint density at radius 2 is 1.78 bits per heavy atom. The highest BCUT2D eigenvalue weighted by atomic mass is 32.2. The number of aromatic nitrogens is 1. The van der Waals surface area contributed by atoms with E-state index in [1.54, 1.807) is 18.2 Å². The number of nitrogens with zero attached hydrogens (tertiary/aromatic N) is 1. The van der Waals surface area contributed by atoms with Gasteiger partial charge in [0.25, 0.3) is 5.56 Å². The third kappa shape index (κ3) is 4.42. The Labute approximate surface area is 185 Å². The number of hydrogen-bond donors (Lipinski definition) is 1. The fourth-order valence-electron chi connectivity index (χ4n) is 3.49. The van der Waals surface area contributed by atoms with Gasteiger partial charge >= 0.3 is 0 Å². The number of nitrogens with one attached hydrogen (secondary N) is 1. The van der Waals surface area contributed by atoms with Gasteiger partial charge in [0.15, 0.2) is 5.78 Å². The summed E-state index contributed by atoms with van der Waals surface area (Å²) in [7, 11) is -3.99. The van der Waals surface area contributed by atoms with Crippen LogP contribution in [-0.2, 0) is 23.1 Å². The zero-order valence-electron chi connectivity index (χ0n) is 17.7. The Hall–Kier alpha value is -3.49. The Morgan fingerprint density at radius 3 is 2.44 bits per heavy atom. The zero-order valence-corrected chi connectivity index (χ0v) is 18.5. The van der Waals surface area contributed by atoms with Crippen molar-refractivity contribution in [2.24, 2.45) is 0 Å². The Morgan fingerprint density at radius 1 is 1.03 bits per heavy atom. The van der Waals surface area contributed by atoms with Gasteiger partial charge in [-0.2, -0.15) is 4.31 Å². The second kappa shape index (κ2) is 8.57. The predicted octanol–water partition coefficient (Wildman–Crippen LogP) is 4.02. The number of aryl methyl sites for hydroxylation is 1. The number of carbonyl (C=O) groups is 1. The van der Waals surface area contributed by atoms with Crippen molar-refractivity contribution in [1.29, 1.82) is 0 Å². The number of ketones is 1. The highest BCUT2D eigenvalue weighted by molar-refractivity contribution is 7.89. The molecule has 0 unspecified atom stereocenters. The number of aromatic amines is 1. The molecule has 0 bridgehead atoms. The van der Waals surface area contributed by atoms with Gasteiger partial charge in [-0.05, 0) is 61.7 Å². The van der Waals surface area contributed by atoms with Crippen molar-refractivity contribution >= 4 is 26.7 Å². The standard InChI is InChI=1S/C24H22N2O5S/c1-16-5-10-23-19(12-16)13-20(24(28)25-23)14-26(15-21-4-3-11-31-21)32(29,30)22-8-6-18(7-9-22)17(2)27/h3-13H,14-15H2,1-2H3,(H,25,28). The van der Waals surface area contributed by atoms with Crippen LogP contribution < -0.4 is 5.56 Å². The molecule has 4 rings (SSSR count). The largest absolute Gasteiger partial charge is 0.468 e. The molecule has 0 radical (unpaired) electrons. The number of hydrogen-bond acceptors (Lipinski definition) is 5. The topological polar surface area (TPSA) is 100 Å². The maximum atomic E-state index is 13.5. The quantitative estimate of drug-likeness (QED) is 0.429. The lowest BCUT2D eigenvalue weighted by Gasteiger charge is -2.21. The van der Waals surface area contributed by atoms with Gasteiger partial charge in [0.05, 0.1) is 17.7 Å². The van der Waals surface area contributed by atoms with Crippen LogP contribution in [0, 0.1) is 6.92 Å². The minimum Gasteiger partial charge on any atom is -0.468 e. The molecule has 164 valence electrons. The highest BCUT2D eigenvalue weighted by Gasteiger charge is 2.27. The first-order valence-electron chi connectivity index (χ1n) is 10.00. The van der Waals surface area contributed by atoms with Crippen LogP contribution >= 0.6 is 0 Å². The van der Waals surface area contributed by atoms with Crippen LogP contribution in [-0.4, -0.2) is 23.5 Å². The Balaban J connectivity index is 1.75. The molecule has 0 aliphatic rings. The molecule has 0 amide bonds. The van der Waals surface area contributed by atoms with Gasteiger partial charge in [0.2, 0.25) is 10.0 Å². The van der Waals surface area contributed by atoms with E-state index >= 15 is 0 Å². The number of furan rings is 1. The number of sulfonamides is 1. The zero-order chi connectivity index (χ0) is 22.9. The van der Waals surface area contributed by atoms with Crippen LogP contribution in [0.2, 0.25) is 0 Å². The number of H-pyrrole nitrogens is 1.